The highest BCUT2D eigenvalue weighted by molar-refractivity contribution is 9.10. The summed E-state index contributed by atoms with van der Waals surface area (Å²) in [4.78, 5) is 13.8. The van der Waals surface area contributed by atoms with E-state index in [9.17, 15) is 4.79 Å². The molecule has 0 aliphatic carbocycles. The van der Waals surface area contributed by atoms with Crippen LogP contribution in [0.1, 0.15) is 12.5 Å². The molecule has 1 amide bonds. The number of carbonyl (C=O) groups excluding carboxylic acids is 1. The van der Waals surface area contributed by atoms with Crippen LogP contribution in [0.2, 0.25) is 0 Å². The Kier molecular flexibility index (Phi) is 4.24. The van der Waals surface area contributed by atoms with Crippen molar-refractivity contribution in [1.82, 2.24) is 10.6 Å². The average Bonchev–Trinajstić information content (AvgIpc) is 2.35. The normalized spacial score (nSPS) is 19.8. The zero-order valence-electron chi connectivity index (χ0n) is 10.7. The summed E-state index contributed by atoms with van der Waals surface area (Å²) >= 11 is 3.58. The van der Waals surface area contributed by atoms with Crippen LogP contribution in [0.25, 0.3) is 0 Å². The number of anilines is 1. The molecule has 1 aromatic carbocycles. The van der Waals surface area contributed by atoms with Gasteiger partial charge in [-0.1, -0.05) is 22.0 Å². The van der Waals surface area contributed by atoms with Crippen LogP contribution in [0.4, 0.5) is 5.69 Å². The fraction of sp³-hybridized carbons (Fsp3) is 0.462. The number of nitrogens with zero attached hydrogens (tertiary/aromatic N) is 1. The molecule has 1 unspecified atom stereocenters. The first kappa shape index (κ1) is 13.4. The first-order valence-corrected chi connectivity index (χ1v) is 6.90. The highest BCUT2D eigenvalue weighted by atomic mass is 79.9. The van der Waals surface area contributed by atoms with Crippen molar-refractivity contribution in [2.24, 2.45) is 0 Å². The smallest absolute Gasteiger partial charge is 0.242 e. The van der Waals surface area contributed by atoms with Crippen LogP contribution in [0.15, 0.2) is 22.7 Å². The summed E-state index contributed by atoms with van der Waals surface area (Å²) in [7, 11) is 1.93. The number of piperazine rings is 1. The highest BCUT2D eigenvalue weighted by Crippen LogP contribution is 2.26. The molecule has 1 fully saturated rings. The lowest BCUT2D eigenvalue weighted by atomic mass is 10.1. The van der Waals surface area contributed by atoms with Gasteiger partial charge >= 0.3 is 0 Å². The van der Waals surface area contributed by atoms with Gasteiger partial charge in [-0.25, -0.2) is 0 Å². The maximum atomic E-state index is 11.7. The second-order valence-corrected chi connectivity index (χ2v) is 5.32. The van der Waals surface area contributed by atoms with Gasteiger partial charge in [0.25, 0.3) is 0 Å². The quantitative estimate of drug-likeness (QED) is 0.889. The Bertz CT molecular complexity index is 450. The molecule has 1 saturated heterocycles. The number of carbonyl (C=O) groups is 1. The lowest BCUT2D eigenvalue weighted by Gasteiger charge is -2.35. The lowest BCUT2D eigenvalue weighted by Crippen LogP contribution is -2.54. The lowest BCUT2D eigenvalue weighted by molar-refractivity contribution is -0.122. The first-order valence-electron chi connectivity index (χ1n) is 6.11. The number of nitrogens with one attached hydrogen (secondary N) is 2. The van der Waals surface area contributed by atoms with E-state index in [1.54, 1.807) is 0 Å². The Morgan fingerprint density at radius 2 is 2.33 bits per heavy atom. The van der Waals surface area contributed by atoms with Crippen molar-refractivity contribution in [3.63, 3.8) is 0 Å². The second kappa shape index (κ2) is 5.71. The molecule has 0 spiro atoms. The molecular formula is C13H18BrN3O. The third-order valence-electron chi connectivity index (χ3n) is 3.23. The van der Waals surface area contributed by atoms with Crippen molar-refractivity contribution in [1.29, 1.82) is 0 Å². The maximum Gasteiger partial charge on any atom is 0.242 e. The molecule has 1 aromatic rings. The fourth-order valence-corrected chi connectivity index (χ4v) is 2.69. The van der Waals surface area contributed by atoms with Crippen LogP contribution in [0, 0.1) is 0 Å². The summed E-state index contributed by atoms with van der Waals surface area (Å²) in [6.07, 6.45) is 0. The molecule has 0 aromatic heterocycles. The van der Waals surface area contributed by atoms with E-state index >= 15 is 0 Å². The zero-order valence-corrected chi connectivity index (χ0v) is 12.3. The van der Waals surface area contributed by atoms with Gasteiger partial charge in [0.1, 0.15) is 6.04 Å². The minimum absolute atomic E-state index is 0.0941. The minimum Gasteiger partial charge on any atom is -0.358 e. The second-order valence-electron chi connectivity index (χ2n) is 4.47. The predicted molar refractivity (Wildman–Crippen MR) is 76.7 cm³/mol. The fourth-order valence-electron chi connectivity index (χ4n) is 2.18. The number of benzene rings is 1. The van der Waals surface area contributed by atoms with Crippen molar-refractivity contribution < 1.29 is 4.79 Å². The van der Waals surface area contributed by atoms with Gasteiger partial charge in [0.05, 0.1) is 0 Å². The Balaban J connectivity index is 2.23. The van der Waals surface area contributed by atoms with E-state index in [4.69, 9.17) is 0 Å². The Morgan fingerprint density at radius 3 is 3.00 bits per heavy atom. The van der Waals surface area contributed by atoms with Gasteiger partial charge in [-0.2, -0.15) is 0 Å². The Morgan fingerprint density at radius 1 is 1.56 bits per heavy atom. The first-order chi connectivity index (χ1) is 8.63. The summed E-state index contributed by atoms with van der Waals surface area (Å²) < 4.78 is 1.08. The standard InChI is InChI=1S/C13H18BrN3O/c1-9-13(18)16-5-6-17(9)11-4-3-10(8-15-2)12(14)7-11/h3-4,7,9,15H,5-6,8H2,1-2H3,(H,16,18). The molecule has 5 heteroatoms. The SMILES string of the molecule is CNCc1ccc(N2CCNC(=O)C2C)cc1Br. The largest absolute Gasteiger partial charge is 0.358 e. The summed E-state index contributed by atoms with van der Waals surface area (Å²) in [5.41, 5.74) is 2.31. The Labute approximate surface area is 116 Å². The summed E-state index contributed by atoms with van der Waals surface area (Å²) in [6, 6.07) is 6.14. The molecule has 1 aliphatic rings. The highest BCUT2D eigenvalue weighted by Gasteiger charge is 2.25. The molecule has 2 rings (SSSR count). The Hall–Kier alpha value is -1.07. The molecule has 0 bridgehead atoms. The van der Waals surface area contributed by atoms with Crippen LogP contribution in [0.5, 0.6) is 0 Å². The summed E-state index contributed by atoms with van der Waals surface area (Å²) in [6.45, 7) is 4.32. The van der Waals surface area contributed by atoms with Crippen LogP contribution in [-0.2, 0) is 11.3 Å². The molecule has 4 nitrogen and oxygen atoms in total. The molecule has 0 saturated carbocycles. The number of rotatable bonds is 3. The van der Waals surface area contributed by atoms with Crippen molar-refractivity contribution >= 4 is 27.5 Å². The molecule has 2 N–H and O–H groups in total. The summed E-state index contributed by atoms with van der Waals surface area (Å²) in [5, 5.41) is 6.01. The third-order valence-corrected chi connectivity index (χ3v) is 3.97. The van der Waals surface area contributed by atoms with Crippen molar-refractivity contribution in [3.05, 3.63) is 28.2 Å². The molecule has 0 radical (unpaired) electrons. The predicted octanol–water partition coefficient (Wildman–Crippen LogP) is 1.49. The summed E-state index contributed by atoms with van der Waals surface area (Å²) in [5.74, 6) is 0.0941. The van der Waals surface area contributed by atoms with E-state index < -0.39 is 0 Å². The van der Waals surface area contributed by atoms with Gasteiger partial charge < -0.3 is 15.5 Å². The monoisotopic (exact) mass is 311 g/mol. The topological polar surface area (TPSA) is 44.4 Å². The van der Waals surface area contributed by atoms with Crippen molar-refractivity contribution in [2.45, 2.75) is 19.5 Å². The molecule has 98 valence electrons. The average molecular weight is 312 g/mol. The van der Waals surface area contributed by atoms with Crippen molar-refractivity contribution in [3.8, 4) is 0 Å². The van der Waals surface area contributed by atoms with Crippen LogP contribution >= 0.6 is 15.9 Å². The third kappa shape index (κ3) is 2.67. The van der Waals surface area contributed by atoms with Gasteiger partial charge in [-0.15, -0.1) is 0 Å². The molecule has 18 heavy (non-hydrogen) atoms. The van der Waals surface area contributed by atoms with Crippen LogP contribution < -0.4 is 15.5 Å². The zero-order chi connectivity index (χ0) is 13.1. The van der Waals surface area contributed by atoms with Gasteiger partial charge in [0.15, 0.2) is 0 Å². The molecule has 1 aliphatic heterocycles. The van der Waals surface area contributed by atoms with Gasteiger partial charge in [0.2, 0.25) is 5.91 Å². The number of hydrogen-bond donors (Lipinski definition) is 2. The van der Waals surface area contributed by atoms with E-state index in [2.05, 4.69) is 49.7 Å². The molecule has 1 heterocycles. The van der Waals surface area contributed by atoms with Gasteiger partial charge in [0, 0.05) is 29.8 Å². The van der Waals surface area contributed by atoms with Crippen molar-refractivity contribution in [2.75, 3.05) is 25.0 Å². The van der Waals surface area contributed by atoms with E-state index in [1.807, 2.05) is 14.0 Å². The molecule has 1 atom stereocenters. The van der Waals surface area contributed by atoms with E-state index in [-0.39, 0.29) is 11.9 Å². The van der Waals surface area contributed by atoms with E-state index in [0.717, 1.165) is 23.2 Å². The molecular weight excluding hydrogens is 294 g/mol. The van der Waals surface area contributed by atoms with E-state index in [0.29, 0.717) is 6.54 Å². The minimum atomic E-state index is -0.110. The van der Waals surface area contributed by atoms with Gasteiger partial charge in [-0.3, -0.25) is 4.79 Å². The van der Waals surface area contributed by atoms with Crippen LogP contribution in [0.3, 0.4) is 0 Å². The maximum absolute atomic E-state index is 11.7. The van der Waals surface area contributed by atoms with E-state index in [1.165, 1.54) is 5.56 Å². The number of amides is 1. The number of halogens is 1. The number of hydrogen-bond acceptors (Lipinski definition) is 3. The van der Waals surface area contributed by atoms with Crippen LogP contribution in [-0.4, -0.2) is 32.1 Å². The van der Waals surface area contributed by atoms with Gasteiger partial charge in [-0.05, 0) is 31.7 Å².